The van der Waals surface area contributed by atoms with Gasteiger partial charge in [0.1, 0.15) is 11.9 Å². The van der Waals surface area contributed by atoms with Gasteiger partial charge in [0.2, 0.25) is 10.0 Å². The molecule has 118 valence electrons. The second-order valence-corrected chi connectivity index (χ2v) is 7.25. The first-order valence-electron chi connectivity index (χ1n) is 6.58. The van der Waals surface area contributed by atoms with Crippen molar-refractivity contribution in [3.8, 4) is 0 Å². The second-order valence-electron chi connectivity index (χ2n) is 5.49. The van der Waals surface area contributed by atoms with Crippen molar-refractivity contribution in [1.82, 2.24) is 4.72 Å². The molecule has 1 unspecified atom stereocenters. The minimum atomic E-state index is -3.93. The number of nitrogens with one attached hydrogen (secondary N) is 1. The number of sulfonamides is 1. The number of hydrogen-bond acceptors (Lipinski definition) is 3. The highest BCUT2D eigenvalue weighted by molar-refractivity contribution is 7.88. The van der Waals surface area contributed by atoms with Gasteiger partial charge in [-0.3, -0.25) is 4.79 Å². The zero-order valence-corrected chi connectivity index (χ0v) is 13.1. The molecule has 1 aromatic rings. The average Bonchev–Trinajstić information content (AvgIpc) is 2.31. The van der Waals surface area contributed by atoms with Crippen LogP contribution in [-0.4, -0.2) is 25.5 Å². The van der Waals surface area contributed by atoms with E-state index in [4.69, 9.17) is 5.11 Å². The Kier molecular flexibility index (Phi) is 5.86. The molecule has 0 saturated carbocycles. The SMILES string of the molecule is Cc1ccc(CS(=O)(=O)NC(CC(C)C)C(=O)O)c(F)c1. The van der Waals surface area contributed by atoms with Crippen LogP contribution in [0.5, 0.6) is 0 Å². The van der Waals surface area contributed by atoms with E-state index < -0.39 is 33.6 Å². The van der Waals surface area contributed by atoms with E-state index in [-0.39, 0.29) is 17.9 Å². The average molecular weight is 317 g/mol. The maximum Gasteiger partial charge on any atom is 0.321 e. The van der Waals surface area contributed by atoms with Crippen LogP contribution < -0.4 is 4.72 Å². The van der Waals surface area contributed by atoms with E-state index in [2.05, 4.69) is 4.72 Å². The Morgan fingerprint density at radius 1 is 1.38 bits per heavy atom. The first-order chi connectivity index (χ1) is 9.60. The Morgan fingerprint density at radius 2 is 2.00 bits per heavy atom. The van der Waals surface area contributed by atoms with Crippen molar-refractivity contribution < 1.29 is 22.7 Å². The highest BCUT2D eigenvalue weighted by Crippen LogP contribution is 2.14. The lowest BCUT2D eigenvalue weighted by Gasteiger charge is -2.16. The van der Waals surface area contributed by atoms with E-state index in [1.807, 2.05) is 0 Å². The Morgan fingerprint density at radius 3 is 2.48 bits per heavy atom. The molecule has 0 heterocycles. The molecule has 0 spiro atoms. The van der Waals surface area contributed by atoms with Gasteiger partial charge in [-0.1, -0.05) is 26.0 Å². The number of carbonyl (C=O) groups is 1. The van der Waals surface area contributed by atoms with E-state index >= 15 is 0 Å². The van der Waals surface area contributed by atoms with Crippen LogP contribution in [0.15, 0.2) is 18.2 Å². The molecule has 0 bridgehead atoms. The zero-order valence-electron chi connectivity index (χ0n) is 12.3. The molecule has 0 fully saturated rings. The van der Waals surface area contributed by atoms with Crippen LogP contribution >= 0.6 is 0 Å². The van der Waals surface area contributed by atoms with Crippen LogP contribution in [-0.2, 0) is 20.6 Å². The highest BCUT2D eigenvalue weighted by atomic mass is 32.2. The van der Waals surface area contributed by atoms with Crippen LogP contribution in [0.4, 0.5) is 4.39 Å². The molecule has 0 aromatic heterocycles. The predicted molar refractivity (Wildman–Crippen MR) is 77.8 cm³/mol. The summed E-state index contributed by atoms with van der Waals surface area (Å²) in [5, 5.41) is 9.04. The summed E-state index contributed by atoms with van der Waals surface area (Å²) in [5.41, 5.74) is 0.701. The predicted octanol–water partition coefficient (Wildman–Crippen LogP) is 2.05. The molecule has 5 nitrogen and oxygen atoms in total. The third-order valence-electron chi connectivity index (χ3n) is 2.88. The molecular weight excluding hydrogens is 297 g/mol. The summed E-state index contributed by atoms with van der Waals surface area (Å²) < 4.78 is 39.8. The van der Waals surface area contributed by atoms with Crippen molar-refractivity contribution in [3.05, 3.63) is 35.1 Å². The molecule has 21 heavy (non-hydrogen) atoms. The molecule has 2 N–H and O–H groups in total. The lowest BCUT2D eigenvalue weighted by molar-refractivity contribution is -0.139. The van der Waals surface area contributed by atoms with Gasteiger partial charge in [0.15, 0.2) is 0 Å². The number of halogens is 1. The van der Waals surface area contributed by atoms with E-state index in [1.54, 1.807) is 26.8 Å². The number of benzene rings is 1. The van der Waals surface area contributed by atoms with Crippen molar-refractivity contribution >= 4 is 16.0 Å². The molecule has 0 aliphatic carbocycles. The summed E-state index contributed by atoms with van der Waals surface area (Å²) in [5.74, 6) is -2.42. The number of hydrogen-bond donors (Lipinski definition) is 2. The Labute approximate surface area is 124 Å². The monoisotopic (exact) mass is 317 g/mol. The summed E-state index contributed by atoms with van der Waals surface area (Å²) in [6.07, 6.45) is 0.172. The molecule has 1 aromatic carbocycles. The third-order valence-corrected chi connectivity index (χ3v) is 4.22. The van der Waals surface area contributed by atoms with Crippen LogP contribution in [0, 0.1) is 18.7 Å². The van der Waals surface area contributed by atoms with E-state index in [9.17, 15) is 17.6 Å². The second kappa shape index (κ2) is 7.00. The normalized spacial score (nSPS) is 13.4. The fourth-order valence-corrected chi connectivity index (χ4v) is 3.26. The van der Waals surface area contributed by atoms with Gasteiger partial charge in [-0.2, -0.15) is 0 Å². The first-order valence-corrected chi connectivity index (χ1v) is 8.24. The molecule has 0 aliphatic heterocycles. The summed E-state index contributed by atoms with van der Waals surface area (Å²) in [7, 11) is -3.93. The first kappa shape index (κ1) is 17.6. The maximum absolute atomic E-state index is 13.7. The third kappa shape index (κ3) is 5.81. The van der Waals surface area contributed by atoms with Crippen molar-refractivity contribution in [2.24, 2.45) is 5.92 Å². The standard InChI is InChI=1S/C14H20FNO4S/c1-9(2)6-13(14(17)18)16-21(19,20)8-11-5-4-10(3)7-12(11)15/h4-5,7,9,13,16H,6,8H2,1-3H3,(H,17,18). The van der Waals surface area contributed by atoms with E-state index in [1.165, 1.54) is 12.1 Å². The topological polar surface area (TPSA) is 83.5 Å². The molecule has 0 aliphatic rings. The molecule has 0 amide bonds. The molecular formula is C14H20FNO4S. The number of rotatable bonds is 7. The molecule has 1 rings (SSSR count). The Bertz CT molecular complexity index is 613. The van der Waals surface area contributed by atoms with Gasteiger partial charge >= 0.3 is 5.97 Å². The highest BCUT2D eigenvalue weighted by Gasteiger charge is 2.25. The fourth-order valence-electron chi connectivity index (χ4n) is 1.90. The smallest absolute Gasteiger partial charge is 0.321 e. The van der Waals surface area contributed by atoms with E-state index in [0.29, 0.717) is 5.56 Å². The number of carboxylic acids is 1. The van der Waals surface area contributed by atoms with Gasteiger partial charge in [-0.05, 0) is 30.9 Å². The van der Waals surface area contributed by atoms with Crippen molar-refractivity contribution in [3.63, 3.8) is 0 Å². The fraction of sp³-hybridized carbons (Fsp3) is 0.500. The van der Waals surface area contributed by atoms with Gasteiger partial charge in [0, 0.05) is 5.56 Å². The number of aliphatic carboxylic acids is 1. The van der Waals surface area contributed by atoms with Crippen molar-refractivity contribution in [2.75, 3.05) is 0 Å². The van der Waals surface area contributed by atoms with Gasteiger partial charge in [-0.25, -0.2) is 17.5 Å². The summed E-state index contributed by atoms with van der Waals surface area (Å²) in [4.78, 5) is 11.1. The van der Waals surface area contributed by atoms with Crippen LogP contribution in [0.2, 0.25) is 0 Å². The lowest BCUT2D eigenvalue weighted by atomic mass is 10.1. The summed E-state index contributed by atoms with van der Waals surface area (Å²) in [6, 6.07) is 3.04. The van der Waals surface area contributed by atoms with Crippen LogP contribution in [0.3, 0.4) is 0 Å². The van der Waals surface area contributed by atoms with Crippen molar-refractivity contribution in [1.29, 1.82) is 0 Å². The van der Waals surface area contributed by atoms with Gasteiger partial charge in [-0.15, -0.1) is 0 Å². The minimum absolute atomic E-state index is 0.0155. The molecule has 0 saturated heterocycles. The van der Waals surface area contributed by atoms with Gasteiger partial charge in [0.25, 0.3) is 0 Å². The zero-order chi connectivity index (χ0) is 16.2. The quantitative estimate of drug-likeness (QED) is 0.806. The van der Waals surface area contributed by atoms with Gasteiger partial charge in [0.05, 0.1) is 5.75 Å². The van der Waals surface area contributed by atoms with Crippen LogP contribution in [0.1, 0.15) is 31.4 Å². The largest absolute Gasteiger partial charge is 0.480 e. The summed E-state index contributed by atoms with van der Waals surface area (Å²) in [6.45, 7) is 5.29. The van der Waals surface area contributed by atoms with Crippen LogP contribution in [0.25, 0.3) is 0 Å². The minimum Gasteiger partial charge on any atom is -0.480 e. The maximum atomic E-state index is 13.7. The molecule has 0 radical (unpaired) electrons. The molecule has 7 heteroatoms. The Hall–Kier alpha value is -1.47. The van der Waals surface area contributed by atoms with Crippen molar-refractivity contribution in [2.45, 2.75) is 39.0 Å². The lowest BCUT2D eigenvalue weighted by Crippen LogP contribution is -2.42. The number of aryl methyl sites for hydroxylation is 1. The van der Waals surface area contributed by atoms with E-state index in [0.717, 1.165) is 0 Å². The Balaban J connectivity index is 2.87. The summed E-state index contributed by atoms with van der Waals surface area (Å²) >= 11 is 0. The molecule has 1 atom stereocenters. The number of carboxylic acid groups (broad SMARTS) is 1. The van der Waals surface area contributed by atoms with Gasteiger partial charge < -0.3 is 5.11 Å².